The first-order chi connectivity index (χ1) is 7.54. The van der Waals surface area contributed by atoms with E-state index in [-0.39, 0.29) is 24.3 Å². The van der Waals surface area contributed by atoms with E-state index in [2.05, 4.69) is 0 Å². The molecule has 2 atom stereocenters. The van der Waals surface area contributed by atoms with Gasteiger partial charge in [0.2, 0.25) is 0 Å². The molecule has 0 radical (unpaired) electrons. The van der Waals surface area contributed by atoms with E-state index in [9.17, 15) is 4.39 Å². The van der Waals surface area contributed by atoms with Crippen LogP contribution in [0.5, 0.6) is 5.75 Å². The topological polar surface area (TPSA) is 55.5 Å². The first-order valence-corrected chi connectivity index (χ1v) is 5.33. The van der Waals surface area contributed by atoms with E-state index in [1.54, 1.807) is 19.1 Å². The van der Waals surface area contributed by atoms with Crippen molar-refractivity contribution in [3.05, 3.63) is 29.6 Å². The number of halogens is 1. The van der Waals surface area contributed by atoms with Crippen molar-refractivity contribution in [2.24, 2.45) is 11.7 Å². The van der Waals surface area contributed by atoms with Crippen LogP contribution in [0, 0.1) is 11.7 Å². The van der Waals surface area contributed by atoms with E-state index in [1.165, 1.54) is 6.07 Å². The normalized spacial score (nSPS) is 14.6. The number of aliphatic hydroxyl groups excluding tert-OH is 1. The predicted octanol–water partition coefficient (Wildman–Crippen LogP) is 1.85. The molecule has 90 valence electrons. The summed E-state index contributed by atoms with van der Waals surface area (Å²) in [4.78, 5) is 0. The number of hydrogen-bond acceptors (Lipinski definition) is 3. The van der Waals surface area contributed by atoms with Crippen LogP contribution in [0.1, 0.15) is 25.5 Å². The Morgan fingerprint density at radius 3 is 2.62 bits per heavy atom. The Morgan fingerprint density at radius 2 is 2.12 bits per heavy atom. The molecular weight excluding hydrogens is 209 g/mol. The van der Waals surface area contributed by atoms with Crippen molar-refractivity contribution < 1.29 is 14.2 Å². The molecule has 0 aliphatic carbocycles. The number of benzene rings is 1. The predicted molar refractivity (Wildman–Crippen MR) is 60.7 cm³/mol. The van der Waals surface area contributed by atoms with Gasteiger partial charge in [-0.05, 0) is 24.6 Å². The lowest BCUT2D eigenvalue weighted by molar-refractivity contribution is 0.171. The third-order valence-corrected chi connectivity index (χ3v) is 2.32. The molecule has 4 heteroatoms. The van der Waals surface area contributed by atoms with Crippen LogP contribution >= 0.6 is 0 Å². The summed E-state index contributed by atoms with van der Waals surface area (Å²) in [7, 11) is 0. The maximum Gasteiger partial charge on any atom is 0.165 e. The van der Waals surface area contributed by atoms with E-state index in [4.69, 9.17) is 15.6 Å². The van der Waals surface area contributed by atoms with Crippen molar-refractivity contribution in [3.8, 4) is 5.75 Å². The van der Waals surface area contributed by atoms with Gasteiger partial charge in [-0.15, -0.1) is 0 Å². The Kier molecular flexibility index (Phi) is 4.71. The quantitative estimate of drug-likeness (QED) is 0.807. The van der Waals surface area contributed by atoms with Gasteiger partial charge in [-0.25, -0.2) is 4.39 Å². The second-order valence-corrected chi connectivity index (χ2v) is 4.08. The van der Waals surface area contributed by atoms with Crippen molar-refractivity contribution in [1.29, 1.82) is 0 Å². The molecule has 0 saturated heterocycles. The SMILES string of the molecule is CC(CO)COc1ccc([C@H](C)N)cc1F. The Labute approximate surface area is 95.0 Å². The minimum absolute atomic E-state index is 0.00694. The number of ether oxygens (including phenoxy) is 1. The summed E-state index contributed by atoms with van der Waals surface area (Å²) in [6.45, 7) is 3.95. The summed E-state index contributed by atoms with van der Waals surface area (Å²) in [5.41, 5.74) is 6.37. The second-order valence-electron chi connectivity index (χ2n) is 4.08. The van der Waals surface area contributed by atoms with Gasteiger partial charge in [-0.1, -0.05) is 13.0 Å². The lowest BCUT2D eigenvalue weighted by Gasteiger charge is -2.12. The molecule has 3 N–H and O–H groups in total. The van der Waals surface area contributed by atoms with Gasteiger partial charge in [0.1, 0.15) is 0 Å². The van der Waals surface area contributed by atoms with Crippen LogP contribution in [0.3, 0.4) is 0 Å². The molecule has 0 aliphatic heterocycles. The maximum absolute atomic E-state index is 13.5. The smallest absolute Gasteiger partial charge is 0.165 e. The first-order valence-electron chi connectivity index (χ1n) is 5.33. The Morgan fingerprint density at radius 1 is 1.44 bits per heavy atom. The molecule has 0 fully saturated rings. The molecule has 0 aliphatic rings. The van der Waals surface area contributed by atoms with Crippen molar-refractivity contribution in [3.63, 3.8) is 0 Å². The summed E-state index contributed by atoms with van der Waals surface area (Å²) in [5.74, 6) is -0.225. The standard InChI is InChI=1S/C12H18FNO2/c1-8(6-15)7-16-12-4-3-10(9(2)14)5-11(12)13/h3-5,8-9,15H,6-7,14H2,1-2H3/t8?,9-/m0/s1. The van der Waals surface area contributed by atoms with Crippen LogP contribution in [-0.2, 0) is 0 Å². The third-order valence-electron chi connectivity index (χ3n) is 2.32. The van der Waals surface area contributed by atoms with Crippen molar-refractivity contribution in [1.82, 2.24) is 0 Å². The van der Waals surface area contributed by atoms with Gasteiger partial charge >= 0.3 is 0 Å². The van der Waals surface area contributed by atoms with Crippen LogP contribution in [0.2, 0.25) is 0 Å². The van der Waals surface area contributed by atoms with Gasteiger partial charge in [0.25, 0.3) is 0 Å². The van der Waals surface area contributed by atoms with Gasteiger partial charge in [0.15, 0.2) is 11.6 Å². The molecule has 0 amide bonds. The minimum Gasteiger partial charge on any atom is -0.490 e. The fourth-order valence-corrected chi connectivity index (χ4v) is 1.20. The van der Waals surface area contributed by atoms with E-state index in [0.717, 1.165) is 5.56 Å². The summed E-state index contributed by atoms with van der Waals surface area (Å²) in [6, 6.07) is 4.49. The summed E-state index contributed by atoms with van der Waals surface area (Å²) in [6.07, 6.45) is 0. The Hall–Kier alpha value is -1.13. The van der Waals surface area contributed by atoms with E-state index in [1.807, 2.05) is 6.92 Å². The Bertz CT molecular complexity index is 342. The largest absolute Gasteiger partial charge is 0.490 e. The molecule has 1 unspecified atom stereocenters. The van der Waals surface area contributed by atoms with E-state index < -0.39 is 5.82 Å². The van der Waals surface area contributed by atoms with Crippen LogP contribution in [-0.4, -0.2) is 18.3 Å². The van der Waals surface area contributed by atoms with Gasteiger partial charge in [-0.3, -0.25) is 0 Å². The molecule has 0 heterocycles. The zero-order valence-electron chi connectivity index (χ0n) is 9.61. The number of nitrogens with two attached hydrogens (primary N) is 1. The van der Waals surface area contributed by atoms with Crippen molar-refractivity contribution in [2.45, 2.75) is 19.9 Å². The first kappa shape index (κ1) is 12.9. The van der Waals surface area contributed by atoms with E-state index >= 15 is 0 Å². The summed E-state index contributed by atoms with van der Waals surface area (Å²) >= 11 is 0. The maximum atomic E-state index is 13.5. The zero-order valence-corrected chi connectivity index (χ0v) is 9.61. The third kappa shape index (κ3) is 3.47. The molecular formula is C12H18FNO2. The highest BCUT2D eigenvalue weighted by Gasteiger charge is 2.08. The van der Waals surface area contributed by atoms with Crippen molar-refractivity contribution in [2.75, 3.05) is 13.2 Å². The van der Waals surface area contributed by atoms with E-state index in [0.29, 0.717) is 6.61 Å². The summed E-state index contributed by atoms with van der Waals surface area (Å²) in [5, 5.41) is 8.81. The fraction of sp³-hybridized carbons (Fsp3) is 0.500. The van der Waals surface area contributed by atoms with Gasteiger partial charge in [-0.2, -0.15) is 0 Å². The van der Waals surface area contributed by atoms with Gasteiger partial charge in [0, 0.05) is 18.6 Å². The molecule has 0 aromatic heterocycles. The van der Waals surface area contributed by atoms with Crippen LogP contribution in [0.4, 0.5) is 4.39 Å². The molecule has 0 saturated carbocycles. The summed E-state index contributed by atoms with van der Waals surface area (Å²) < 4.78 is 18.8. The lowest BCUT2D eigenvalue weighted by Crippen LogP contribution is -2.13. The van der Waals surface area contributed by atoms with Gasteiger partial charge < -0.3 is 15.6 Å². The van der Waals surface area contributed by atoms with Crippen molar-refractivity contribution >= 4 is 0 Å². The number of aliphatic hydroxyl groups is 1. The Balaban J connectivity index is 2.68. The van der Waals surface area contributed by atoms with Gasteiger partial charge in [0.05, 0.1) is 6.61 Å². The second kappa shape index (κ2) is 5.82. The molecule has 1 aromatic rings. The molecule has 0 spiro atoms. The average Bonchev–Trinajstić information content (AvgIpc) is 2.26. The lowest BCUT2D eigenvalue weighted by atomic mass is 10.1. The van der Waals surface area contributed by atoms with Crippen LogP contribution in [0.25, 0.3) is 0 Å². The molecule has 1 aromatic carbocycles. The number of rotatable bonds is 5. The monoisotopic (exact) mass is 227 g/mol. The highest BCUT2D eigenvalue weighted by Crippen LogP contribution is 2.21. The molecule has 16 heavy (non-hydrogen) atoms. The molecule has 3 nitrogen and oxygen atoms in total. The van der Waals surface area contributed by atoms with Crippen LogP contribution < -0.4 is 10.5 Å². The molecule has 0 bridgehead atoms. The minimum atomic E-state index is -0.417. The van der Waals surface area contributed by atoms with Crippen LogP contribution in [0.15, 0.2) is 18.2 Å². The fourth-order valence-electron chi connectivity index (χ4n) is 1.20. The highest BCUT2D eigenvalue weighted by molar-refractivity contribution is 5.30. The zero-order chi connectivity index (χ0) is 12.1. The highest BCUT2D eigenvalue weighted by atomic mass is 19.1. The number of hydrogen-bond donors (Lipinski definition) is 2. The average molecular weight is 227 g/mol. The molecule has 1 rings (SSSR count).